The van der Waals surface area contributed by atoms with Crippen LogP contribution in [-0.2, 0) is 27.3 Å². The summed E-state index contributed by atoms with van der Waals surface area (Å²) in [6.07, 6.45) is 2.69. The van der Waals surface area contributed by atoms with Crippen molar-refractivity contribution >= 4 is 29.1 Å². The topological polar surface area (TPSA) is 69.7 Å². The lowest BCUT2D eigenvalue weighted by Crippen LogP contribution is -2.39. The highest BCUT2D eigenvalue weighted by Gasteiger charge is 2.26. The Morgan fingerprint density at radius 3 is 2.67 bits per heavy atom. The number of rotatable bonds is 7. The Hall–Kier alpha value is -2.67. The van der Waals surface area contributed by atoms with Crippen LogP contribution in [0.4, 0.5) is 0 Å². The molecule has 4 rings (SSSR count). The first kappa shape index (κ1) is 20.6. The minimum Gasteiger partial charge on any atom is -0.347 e. The molecule has 1 fully saturated rings. The SMILES string of the molecule is O=C(CCC(=O)N1CCc2sccc2C1)NC(CN1CCCC1=O)c1ccccc1. The molecule has 3 amide bonds. The smallest absolute Gasteiger partial charge is 0.223 e. The maximum absolute atomic E-state index is 12.6. The minimum atomic E-state index is -0.265. The van der Waals surface area contributed by atoms with E-state index in [0.717, 1.165) is 31.5 Å². The molecule has 1 N–H and O–H groups in total. The van der Waals surface area contributed by atoms with E-state index in [1.807, 2.05) is 40.1 Å². The van der Waals surface area contributed by atoms with Gasteiger partial charge in [0, 0.05) is 50.3 Å². The normalized spacial score (nSPS) is 17.0. The van der Waals surface area contributed by atoms with Crippen LogP contribution in [-0.4, -0.2) is 47.2 Å². The summed E-state index contributed by atoms with van der Waals surface area (Å²) in [5.41, 5.74) is 2.20. The van der Waals surface area contributed by atoms with Crippen LogP contribution in [0.15, 0.2) is 41.8 Å². The third kappa shape index (κ3) is 4.90. The molecule has 2 aliphatic rings. The van der Waals surface area contributed by atoms with Crippen molar-refractivity contribution in [2.45, 2.75) is 44.7 Å². The van der Waals surface area contributed by atoms with Crippen molar-refractivity contribution in [3.63, 3.8) is 0 Å². The molecular formula is C23H27N3O3S. The van der Waals surface area contributed by atoms with Gasteiger partial charge in [-0.25, -0.2) is 0 Å². The molecule has 1 saturated heterocycles. The molecule has 1 aromatic heterocycles. The Labute approximate surface area is 180 Å². The van der Waals surface area contributed by atoms with E-state index in [4.69, 9.17) is 0 Å². The molecule has 2 aromatic rings. The number of likely N-dealkylation sites (tertiary alicyclic amines) is 1. The Balaban J connectivity index is 1.32. The first-order valence-corrected chi connectivity index (χ1v) is 11.4. The van der Waals surface area contributed by atoms with E-state index in [-0.39, 0.29) is 36.6 Å². The molecule has 1 aromatic carbocycles. The van der Waals surface area contributed by atoms with Gasteiger partial charge in [-0.15, -0.1) is 11.3 Å². The van der Waals surface area contributed by atoms with Gasteiger partial charge in [0.15, 0.2) is 0 Å². The van der Waals surface area contributed by atoms with Gasteiger partial charge in [0.2, 0.25) is 17.7 Å². The van der Waals surface area contributed by atoms with E-state index in [9.17, 15) is 14.4 Å². The van der Waals surface area contributed by atoms with Crippen molar-refractivity contribution in [3.8, 4) is 0 Å². The van der Waals surface area contributed by atoms with Crippen LogP contribution in [0.1, 0.15) is 47.7 Å². The lowest BCUT2D eigenvalue weighted by molar-refractivity contribution is -0.134. The molecule has 1 unspecified atom stereocenters. The number of nitrogens with zero attached hydrogens (tertiary/aromatic N) is 2. The first-order valence-electron chi connectivity index (χ1n) is 10.6. The summed E-state index contributed by atoms with van der Waals surface area (Å²) >= 11 is 1.75. The highest BCUT2D eigenvalue weighted by atomic mass is 32.1. The number of benzene rings is 1. The standard InChI is InChI=1S/C23H27N3O3S/c27-21(8-9-23(29)26-13-10-20-18(15-26)11-14-30-20)24-19(17-5-2-1-3-6-17)16-25-12-4-7-22(25)28/h1-3,5-6,11,14,19H,4,7-10,12-13,15-16H2,(H,24,27). The summed E-state index contributed by atoms with van der Waals surface area (Å²) in [5.74, 6) is 0.00307. The van der Waals surface area contributed by atoms with E-state index in [0.29, 0.717) is 19.5 Å². The van der Waals surface area contributed by atoms with Crippen LogP contribution in [0.25, 0.3) is 0 Å². The van der Waals surface area contributed by atoms with Crippen molar-refractivity contribution in [2.24, 2.45) is 0 Å². The highest BCUT2D eigenvalue weighted by Crippen LogP contribution is 2.24. The number of hydrogen-bond acceptors (Lipinski definition) is 4. The third-order valence-electron chi connectivity index (χ3n) is 5.84. The monoisotopic (exact) mass is 425 g/mol. The molecule has 7 heteroatoms. The molecule has 158 valence electrons. The van der Waals surface area contributed by atoms with Crippen LogP contribution < -0.4 is 5.32 Å². The fourth-order valence-electron chi connectivity index (χ4n) is 4.14. The second-order valence-corrected chi connectivity index (χ2v) is 8.91. The molecule has 0 saturated carbocycles. The summed E-state index contributed by atoms with van der Waals surface area (Å²) in [5, 5.41) is 5.12. The molecule has 2 aliphatic heterocycles. The van der Waals surface area contributed by atoms with Crippen molar-refractivity contribution in [3.05, 3.63) is 57.8 Å². The number of carbonyl (C=O) groups excluding carboxylic acids is 3. The van der Waals surface area contributed by atoms with Crippen molar-refractivity contribution in [1.82, 2.24) is 15.1 Å². The van der Waals surface area contributed by atoms with Gasteiger partial charge in [-0.3, -0.25) is 14.4 Å². The maximum atomic E-state index is 12.6. The van der Waals surface area contributed by atoms with Crippen LogP contribution in [0.2, 0.25) is 0 Å². The molecular weight excluding hydrogens is 398 g/mol. The summed E-state index contributed by atoms with van der Waals surface area (Å²) in [6.45, 7) is 2.56. The molecule has 0 aliphatic carbocycles. The van der Waals surface area contributed by atoms with Crippen molar-refractivity contribution < 1.29 is 14.4 Å². The predicted octanol–water partition coefficient (Wildman–Crippen LogP) is 2.89. The Morgan fingerprint density at radius 1 is 1.07 bits per heavy atom. The van der Waals surface area contributed by atoms with Gasteiger partial charge in [-0.1, -0.05) is 30.3 Å². The third-order valence-corrected chi connectivity index (χ3v) is 6.86. The molecule has 3 heterocycles. The average molecular weight is 426 g/mol. The lowest BCUT2D eigenvalue weighted by atomic mass is 10.1. The Morgan fingerprint density at radius 2 is 1.90 bits per heavy atom. The van der Waals surface area contributed by atoms with Gasteiger partial charge in [0.25, 0.3) is 0 Å². The fraction of sp³-hybridized carbons (Fsp3) is 0.435. The van der Waals surface area contributed by atoms with Gasteiger partial charge in [-0.05, 0) is 35.4 Å². The Kier molecular flexibility index (Phi) is 6.47. The molecule has 6 nitrogen and oxygen atoms in total. The Bertz CT molecular complexity index is 911. The van der Waals surface area contributed by atoms with E-state index in [2.05, 4.69) is 16.8 Å². The molecule has 0 spiro atoms. The van der Waals surface area contributed by atoms with E-state index in [1.54, 1.807) is 11.3 Å². The largest absolute Gasteiger partial charge is 0.347 e. The number of hydrogen-bond donors (Lipinski definition) is 1. The quantitative estimate of drug-likeness (QED) is 0.742. The number of amides is 3. The van der Waals surface area contributed by atoms with Crippen LogP contribution in [0.3, 0.4) is 0 Å². The summed E-state index contributed by atoms with van der Waals surface area (Å²) < 4.78 is 0. The van der Waals surface area contributed by atoms with Gasteiger partial charge in [-0.2, -0.15) is 0 Å². The van der Waals surface area contributed by atoms with Gasteiger partial charge < -0.3 is 15.1 Å². The van der Waals surface area contributed by atoms with E-state index < -0.39 is 0 Å². The maximum Gasteiger partial charge on any atom is 0.223 e. The van der Waals surface area contributed by atoms with E-state index >= 15 is 0 Å². The minimum absolute atomic E-state index is 0.0213. The zero-order valence-electron chi connectivity index (χ0n) is 17.0. The highest BCUT2D eigenvalue weighted by molar-refractivity contribution is 7.10. The zero-order valence-corrected chi connectivity index (χ0v) is 17.8. The summed E-state index contributed by atoms with van der Waals surface area (Å²) in [6, 6.07) is 11.5. The summed E-state index contributed by atoms with van der Waals surface area (Å²) in [7, 11) is 0. The van der Waals surface area contributed by atoms with Gasteiger partial charge in [0.05, 0.1) is 6.04 Å². The fourth-order valence-corrected chi connectivity index (χ4v) is 5.03. The average Bonchev–Trinajstić information content (AvgIpc) is 3.40. The van der Waals surface area contributed by atoms with Gasteiger partial charge in [0.1, 0.15) is 0 Å². The second-order valence-electron chi connectivity index (χ2n) is 7.91. The molecule has 0 bridgehead atoms. The number of nitrogens with one attached hydrogen (secondary N) is 1. The number of carbonyl (C=O) groups is 3. The van der Waals surface area contributed by atoms with Crippen LogP contribution in [0.5, 0.6) is 0 Å². The molecule has 30 heavy (non-hydrogen) atoms. The molecule has 0 radical (unpaired) electrons. The predicted molar refractivity (Wildman–Crippen MR) is 116 cm³/mol. The van der Waals surface area contributed by atoms with Crippen LogP contribution >= 0.6 is 11.3 Å². The molecule has 1 atom stereocenters. The van der Waals surface area contributed by atoms with Crippen molar-refractivity contribution in [1.29, 1.82) is 0 Å². The zero-order chi connectivity index (χ0) is 20.9. The van der Waals surface area contributed by atoms with Crippen molar-refractivity contribution in [2.75, 3.05) is 19.6 Å². The van der Waals surface area contributed by atoms with Gasteiger partial charge >= 0.3 is 0 Å². The van der Waals surface area contributed by atoms with Crippen LogP contribution in [0, 0.1) is 0 Å². The second kappa shape index (κ2) is 9.43. The lowest BCUT2D eigenvalue weighted by Gasteiger charge is -2.27. The number of thiophene rings is 1. The first-order chi connectivity index (χ1) is 14.6. The number of fused-ring (bicyclic) bond motifs is 1. The summed E-state index contributed by atoms with van der Waals surface area (Å²) in [4.78, 5) is 42.3. The van der Waals surface area contributed by atoms with E-state index in [1.165, 1.54) is 10.4 Å².